The molecule has 3 N–H and O–H groups in total. The van der Waals surface area contributed by atoms with Crippen LogP contribution in [0.5, 0.6) is 5.75 Å². The highest BCUT2D eigenvalue weighted by Gasteiger charge is 2.08. The number of benzene rings is 1. The molecule has 0 aliphatic rings. The molecule has 0 radical (unpaired) electrons. The number of thiol groups is 1. The quantitative estimate of drug-likeness (QED) is 0.163. The molecule has 33 heavy (non-hydrogen) atoms. The van der Waals surface area contributed by atoms with Gasteiger partial charge in [0, 0.05) is 17.4 Å². The lowest BCUT2D eigenvalue weighted by Gasteiger charge is -2.08. The number of hydrogen-bond acceptors (Lipinski definition) is 7. The Balaban J connectivity index is -0.000000763. The summed E-state index contributed by atoms with van der Waals surface area (Å²) in [7, 11) is 1.26. The Morgan fingerprint density at radius 2 is 1.88 bits per heavy atom. The van der Waals surface area contributed by atoms with E-state index < -0.39 is 5.97 Å². The van der Waals surface area contributed by atoms with Crippen LogP contribution in [0, 0.1) is 0 Å². The van der Waals surface area contributed by atoms with Gasteiger partial charge in [0.05, 0.1) is 13.7 Å². The smallest absolute Gasteiger partial charge is 0.325 e. The number of hydrogen-bond donors (Lipinski definition) is 3. The van der Waals surface area contributed by atoms with Gasteiger partial charge in [-0.15, -0.1) is 0 Å². The molecule has 1 atom stereocenters. The molecule has 8 heteroatoms. The minimum absolute atomic E-state index is 0.0554. The molecule has 0 aliphatic carbocycles. The number of amides is 1. The zero-order valence-corrected chi connectivity index (χ0v) is 23.3. The van der Waals surface area contributed by atoms with Crippen molar-refractivity contribution < 1.29 is 19.1 Å². The van der Waals surface area contributed by atoms with Crippen LogP contribution in [0.1, 0.15) is 64.2 Å². The van der Waals surface area contributed by atoms with Crippen LogP contribution in [0.15, 0.2) is 36.4 Å². The standard InChI is InChI=1S/C16H22N2O4S.C4H10S.C3H8.C2H6/c1-21-15(19)10-18-16(20)12-5-4-7-14(9-12)22-8-3-2-6-13(17)11-23;1-3-4-5-2;1-3-2;1-2/h2,4-7,9,13,23H,3,8,10-11,17H2,1H3,(H,18,20);3-4H2,1-2H3;3H2,1-2H3;1-2H3/b6-2+;;;. The zero-order valence-electron chi connectivity index (χ0n) is 21.6. The number of nitrogens with one attached hydrogen (secondary N) is 1. The molecule has 0 spiro atoms. The van der Waals surface area contributed by atoms with Crippen molar-refractivity contribution in [1.82, 2.24) is 5.32 Å². The van der Waals surface area contributed by atoms with Crippen LogP contribution >= 0.6 is 24.4 Å². The Morgan fingerprint density at radius 1 is 1.24 bits per heavy atom. The molecular formula is C25H46N2O4S2. The van der Waals surface area contributed by atoms with E-state index in [1.54, 1.807) is 24.3 Å². The van der Waals surface area contributed by atoms with Crippen molar-refractivity contribution in [2.45, 2.75) is 59.9 Å². The number of carbonyl (C=O) groups excluding carboxylic acids is 2. The molecule has 0 saturated carbocycles. The number of methoxy groups -OCH3 is 1. The monoisotopic (exact) mass is 502 g/mol. The average molecular weight is 503 g/mol. The molecule has 0 bridgehead atoms. The van der Waals surface area contributed by atoms with Gasteiger partial charge in [-0.2, -0.15) is 24.4 Å². The number of rotatable bonds is 11. The summed E-state index contributed by atoms with van der Waals surface area (Å²) in [4.78, 5) is 22.9. The van der Waals surface area contributed by atoms with Gasteiger partial charge in [0.15, 0.2) is 0 Å². The highest BCUT2D eigenvalue weighted by molar-refractivity contribution is 7.98. The fourth-order valence-corrected chi connectivity index (χ4v) is 2.36. The number of carbonyl (C=O) groups is 2. The maximum Gasteiger partial charge on any atom is 0.325 e. The summed E-state index contributed by atoms with van der Waals surface area (Å²) in [5.41, 5.74) is 6.11. The highest BCUT2D eigenvalue weighted by Crippen LogP contribution is 2.13. The third kappa shape index (κ3) is 24.8. The van der Waals surface area contributed by atoms with E-state index in [0.717, 1.165) is 0 Å². The average Bonchev–Trinajstić information content (AvgIpc) is 2.84. The van der Waals surface area contributed by atoms with Gasteiger partial charge in [0.1, 0.15) is 12.3 Å². The van der Waals surface area contributed by atoms with Crippen molar-refractivity contribution in [1.29, 1.82) is 0 Å². The van der Waals surface area contributed by atoms with Crippen molar-refractivity contribution in [3.05, 3.63) is 42.0 Å². The van der Waals surface area contributed by atoms with Crippen molar-refractivity contribution >= 4 is 36.3 Å². The van der Waals surface area contributed by atoms with E-state index in [-0.39, 0.29) is 18.5 Å². The number of esters is 1. The lowest BCUT2D eigenvalue weighted by molar-refractivity contribution is -0.139. The molecule has 1 unspecified atom stereocenters. The Bertz CT molecular complexity index is 612. The van der Waals surface area contributed by atoms with Crippen LogP contribution in [0.2, 0.25) is 0 Å². The lowest BCUT2D eigenvalue weighted by Crippen LogP contribution is -2.30. The van der Waals surface area contributed by atoms with E-state index in [0.29, 0.717) is 30.1 Å². The number of nitrogens with two attached hydrogens (primary N) is 1. The van der Waals surface area contributed by atoms with E-state index in [9.17, 15) is 9.59 Å². The predicted octanol–water partition coefficient (Wildman–Crippen LogP) is 5.37. The fourth-order valence-electron chi connectivity index (χ4n) is 1.83. The molecule has 0 heterocycles. The zero-order chi connectivity index (χ0) is 25.9. The Hall–Kier alpha value is -1.64. The molecule has 0 fully saturated rings. The molecule has 1 aromatic rings. The molecule has 1 aromatic carbocycles. The summed E-state index contributed by atoms with van der Waals surface area (Å²) in [5, 5.41) is 2.47. The van der Waals surface area contributed by atoms with E-state index in [1.165, 1.54) is 25.7 Å². The van der Waals surface area contributed by atoms with Gasteiger partial charge < -0.3 is 20.5 Å². The van der Waals surface area contributed by atoms with Crippen LogP contribution in [-0.2, 0) is 9.53 Å². The molecule has 0 aliphatic heterocycles. The molecule has 0 aromatic heterocycles. The fraction of sp³-hybridized carbons (Fsp3) is 0.600. The summed E-state index contributed by atoms with van der Waals surface area (Å²) >= 11 is 5.99. The summed E-state index contributed by atoms with van der Waals surface area (Å²) in [6.45, 7) is 10.7. The van der Waals surface area contributed by atoms with Crippen LogP contribution < -0.4 is 15.8 Å². The van der Waals surface area contributed by atoms with E-state index in [1.807, 2.05) is 37.8 Å². The van der Waals surface area contributed by atoms with Gasteiger partial charge >= 0.3 is 5.97 Å². The summed E-state index contributed by atoms with van der Waals surface area (Å²) in [6, 6.07) is 6.69. The molecular weight excluding hydrogens is 456 g/mol. The normalized spacial score (nSPS) is 10.3. The predicted molar refractivity (Wildman–Crippen MR) is 148 cm³/mol. The lowest BCUT2D eigenvalue weighted by atomic mass is 10.2. The summed E-state index contributed by atoms with van der Waals surface area (Å²) in [6.07, 6.45) is 9.21. The Morgan fingerprint density at radius 3 is 2.36 bits per heavy atom. The first kappa shape index (κ1) is 35.9. The maximum atomic E-state index is 11.9. The van der Waals surface area contributed by atoms with Crippen molar-refractivity contribution in [3.8, 4) is 5.75 Å². The van der Waals surface area contributed by atoms with Crippen LogP contribution in [0.3, 0.4) is 0 Å². The van der Waals surface area contributed by atoms with Crippen molar-refractivity contribution in [2.75, 3.05) is 38.0 Å². The Kier molecular flexibility index (Phi) is 30.9. The number of thioether (sulfide) groups is 1. The summed E-state index contributed by atoms with van der Waals surface area (Å²) in [5.74, 6) is 1.63. The van der Waals surface area contributed by atoms with Gasteiger partial charge in [-0.05, 0) is 43.0 Å². The second-order valence-corrected chi connectivity index (χ2v) is 7.75. The van der Waals surface area contributed by atoms with Gasteiger partial charge in [-0.25, -0.2) is 0 Å². The third-order valence-electron chi connectivity index (χ3n) is 3.27. The van der Waals surface area contributed by atoms with Crippen LogP contribution in [-0.4, -0.2) is 55.9 Å². The number of ether oxygens (including phenoxy) is 2. The van der Waals surface area contributed by atoms with Gasteiger partial charge in [-0.1, -0.05) is 59.3 Å². The minimum Gasteiger partial charge on any atom is -0.493 e. The first-order chi connectivity index (χ1) is 15.9. The maximum absolute atomic E-state index is 11.9. The largest absolute Gasteiger partial charge is 0.493 e. The van der Waals surface area contributed by atoms with Crippen molar-refractivity contribution in [3.63, 3.8) is 0 Å². The SMILES string of the molecule is CC.CCC.CCCSC.COC(=O)CNC(=O)c1cccc(OCC/C=C/C(N)CS)c1. The Labute approximate surface area is 211 Å². The highest BCUT2D eigenvalue weighted by atomic mass is 32.2. The first-order valence-electron chi connectivity index (χ1n) is 11.5. The van der Waals surface area contributed by atoms with E-state index in [4.69, 9.17) is 10.5 Å². The van der Waals surface area contributed by atoms with Gasteiger partial charge in [0.2, 0.25) is 0 Å². The second-order valence-electron chi connectivity index (χ2n) is 6.40. The first-order valence-corrected chi connectivity index (χ1v) is 13.5. The van der Waals surface area contributed by atoms with Gasteiger partial charge in [0.25, 0.3) is 5.91 Å². The third-order valence-corrected chi connectivity index (χ3v) is 4.51. The molecule has 6 nitrogen and oxygen atoms in total. The van der Waals surface area contributed by atoms with Crippen molar-refractivity contribution in [2.24, 2.45) is 5.73 Å². The molecule has 192 valence electrons. The van der Waals surface area contributed by atoms with Gasteiger partial charge in [-0.3, -0.25) is 9.59 Å². The van der Waals surface area contributed by atoms with E-state index in [2.05, 4.69) is 49.7 Å². The van der Waals surface area contributed by atoms with E-state index >= 15 is 0 Å². The van der Waals surface area contributed by atoms with Crippen LogP contribution in [0.25, 0.3) is 0 Å². The molecule has 0 saturated heterocycles. The minimum atomic E-state index is -0.503. The molecule has 1 amide bonds. The van der Waals surface area contributed by atoms with Crippen LogP contribution in [0.4, 0.5) is 0 Å². The topological polar surface area (TPSA) is 90.6 Å². The summed E-state index contributed by atoms with van der Waals surface area (Å²) < 4.78 is 10.0. The molecule has 1 rings (SSSR count). The second kappa shape index (κ2) is 28.4.